The quantitative estimate of drug-likeness (QED) is 0.682. The summed E-state index contributed by atoms with van der Waals surface area (Å²) < 4.78 is 39.3. The number of carbonyl (C=O) groups excluding carboxylic acids is 1. The van der Waals surface area contributed by atoms with Crippen molar-refractivity contribution in [2.24, 2.45) is 0 Å². The van der Waals surface area contributed by atoms with Gasteiger partial charge in [0.25, 0.3) is 0 Å². The Morgan fingerprint density at radius 3 is 2.77 bits per heavy atom. The van der Waals surface area contributed by atoms with E-state index in [-0.39, 0.29) is 18.0 Å². The van der Waals surface area contributed by atoms with Crippen LogP contribution in [-0.4, -0.2) is 23.1 Å². The van der Waals surface area contributed by atoms with Crippen LogP contribution in [0.2, 0.25) is 0 Å². The molecule has 0 fully saturated rings. The van der Waals surface area contributed by atoms with Gasteiger partial charge in [-0.2, -0.15) is 4.39 Å². The number of fused-ring (bicyclic) bond motifs is 1. The third-order valence-electron chi connectivity index (χ3n) is 4.13. The summed E-state index contributed by atoms with van der Waals surface area (Å²) in [6.45, 7) is 1.64. The van der Waals surface area contributed by atoms with Gasteiger partial charge >= 0.3 is 6.09 Å². The minimum Gasteiger partial charge on any atom is -0.505 e. The number of anilines is 1. The number of hydrogen-bond acceptors (Lipinski definition) is 6. The van der Waals surface area contributed by atoms with Gasteiger partial charge in [0.2, 0.25) is 5.82 Å². The molecule has 1 atom stereocenters. The van der Waals surface area contributed by atoms with E-state index >= 15 is 0 Å². The number of halogens is 2. The Labute approximate surface area is 153 Å². The fraction of sp³-hybridized carbons (Fsp3) is 0.235. The van der Waals surface area contributed by atoms with Gasteiger partial charge in [0.05, 0.1) is 18.3 Å². The van der Waals surface area contributed by atoms with Crippen molar-refractivity contribution in [2.75, 3.05) is 11.8 Å². The maximum absolute atomic E-state index is 14.6. The van der Waals surface area contributed by atoms with Crippen LogP contribution >= 0.6 is 12.1 Å². The van der Waals surface area contributed by atoms with Crippen LogP contribution < -0.4 is 14.2 Å². The van der Waals surface area contributed by atoms with Gasteiger partial charge in [-0.05, 0) is 32.2 Å². The number of phenolic OH excluding ortho intramolecular Hbond substituents is 1. The molecule has 0 aromatic heterocycles. The first-order valence-corrected chi connectivity index (χ1v) is 8.61. The van der Waals surface area contributed by atoms with Gasteiger partial charge in [0, 0.05) is 23.3 Å². The van der Waals surface area contributed by atoms with E-state index in [4.69, 9.17) is 4.74 Å². The summed E-state index contributed by atoms with van der Waals surface area (Å²) in [5.74, 6) is -2.36. The summed E-state index contributed by atoms with van der Waals surface area (Å²) in [7, 11) is 1.69. The van der Waals surface area contributed by atoms with Crippen molar-refractivity contribution in [1.82, 2.24) is 9.62 Å². The second kappa shape index (κ2) is 7.38. The van der Waals surface area contributed by atoms with Crippen molar-refractivity contribution in [3.63, 3.8) is 0 Å². The van der Waals surface area contributed by atoms with E-state index in [1.165, 1.54) is 17.0 Å². The van der Waals surface area contributed by atoms with Crippen molar-refractivity contribution < 1.29 is 23.4 Å². The number of aromatic hydroxyl groups is 1. The van der Waals surface area contributed by atoms with Crippen LogP contribution in [-0.2, 0) is 6.54 Å². The zero-order chi connectivity index (χ0) is 18.8. The van der Waals surface area contributed by atoms with E-state index < -0.39 is 29.5 Å². The standard InChI is InChI=1S/C17H17F2N3O3S/c1-9-11-6-7-13(23)15(19)16(11)25-17(24)22(9)8-10-4-3-5-12(14(10)18)21-26-20-2/h3-7,9,20-21,23H,8H2,1-2H3. The maximum atomic E-state index is 14.6. The average molecular weight is 381 g/mol. The first-order valence-electron chi connectivity index (χ1n) is 7.79. The van der Waals surface area contributed by atoms with Crippen LogP contribution in [0.3, 0.4) is 0 Å². The maximum Gasteiger partial charge on any atom is 0.416 e. The molecule has 0 saturated carbocycles. The number of nitrogens with zero attached hydrogens (tertiary/aromatic N) is 1. The van der Waals surface area contributed by atoms with E-state index in [9.17, 15) is 18.7 Å². The summed E-state index contributed by atoms with van der Waals surface area (Å²) in [5.41, 5.74) is 0.967. The van der Waals surface area contributed by atoms with Gasteiger partial charge < -0.3 is 14.6 Å². The van der Waals surface area contributed by atoms with Crippen molar-refractivity contribution in [3.8, 4) is 11.5 Å². The van der Waals surface area contributed by atoms with E-state index in [0.29, 0.717) is 11.1 Å². The van der Waals surface area contributed by atoms with Gasteiger partial charge in [-0.1, -0.05) is 12.1 Å². The molecule has 3 N–H and O–H groups in total. The molecular weight excluding hydrogens is 364 g/mol. The van der Waals surface area contributed by atoms with Gasteiger partial charge in [-0.3, -0.25) is 4.90 Å². The lowest BCUT2D eigenvalue weighted by atomic mass is 10.0. The monoisotopic (exact) mass is 381 g/mol. The molecule has 1 unspecified atom stereocenters. The second-order valence-corrected chi connectivity index (χ2v) is 6.49. The highest BCUT2D eigenvalue weighted by Gasteiger charge is 2.34. The van der Waals surface area contributed by atoms with E-state index in [1.54, 1.807) is 32.2 Å². The molecule has 3 rings (SSSR count). The Kier molecular flexibility index (Phi) is 5.19. The zero-order valence-corrected chi connectivity index (χ0v) is 14.9. The number of benzene rings is 2. The molecule has 138 valence electrons. The van der Waals surface area contributed by atoms with Crippen molar-refractivity contribution >= 4 is 23.9 Å². The summed E-state index contributed by atoms with van der Waals surface area (Å²) >= 11 is 1.11. The highest BCUT2D eigenvalue weighted by atomic mass is 32.2. The summed E-state index contributed by atoms with van der Waals surface area (Å²) in [5, 5.41) is 9.44. The van der Waals surface area contributed by atoms with E-state index in [1.807, 2.05) is 0 Å². The molecule has 0 aliphatic carbocycles. The van der Waals surface area contributed by atoms with Crippen molar-refractivity contribution in [1.29, 1.82) is 0 Å². The van der Waals surface area contributed by atoms with Gasteiger partial charge in [-0.15, -0.1) is 0 Å². The molecule has 26 heavy (non-hydrogen) atoms. The van der Waals surface area contributed by atoms with Crippen LogP contribution in [0.4, 0.5) is 19.3 Å². The molecule has 9 heteroatoms. The van der Waals surface area contributed by atoms with Crippen LogP contribution in [0.1, 0.15) is 24.1 Å². The van der Waals surface area contributed by atoms with Crippen molar-refractivity contribution in [3.05, 3.63) is 53.1 Å². The first-order chi connectivity index (χ1) is 12.4. The molecule has 1 heterocycles. The SMILES string of the molecule is CNSNc1cccc(CN2C(=O)Oc3c(ccc(O)c3F)C2C)c1F. The molecule has 2 aromatic rings. The van der Waals surface area contributed by atoms with E-state index in [0.717, 1.165) is 12.1 Å². The van der Waals surface area contributed by atoms with Crippen LogP contribution in [0.5, 0.6) is 11.5 Å². The topological polar surface area (TPSA) is 73.8 Å². The molecule has 0 spiro atoms. The number of nitrogens with one attached hydrogen (secondary N) is 2. The number of amides is 1. The third-order valence-corrected chi connectivity index (χ3v) is 4.66. The van der Waals surface area contributed by atoms with Crippen LogP contribution in [0, 0.1) is 11.6 Å². The Morgan fingerprint density at radius 1 is 1.27 bits per heavy atom. The molecular formula is C17H17F2N3O3S. The molecule has 2 aromatic carbocycles. The highest BCUT2D eigenvalue weighted by Crippen LogP contribution is 2.40. The molecule has 1 aliphatic heterocycles. The lowest BCUT2D eigenvalue weighted by molar-refractivity contribution is 0.114. The first kappa shape index (κ1) is 18.3. The molecule has 0 radical (unpaired) electrons. The number of carbonyl (C=O) groups is 1. The van der Waals surface area contributed by atoms with Gasteiger partial charge in [-0.25, -0.2) is 13.9 Å². The molecule has 0 saturated heterocycles. The Hall–Kier alpha value is -2.52. The number of rotatable bonds is 5. The molecule has 0 bridgehead atoms. The summed E-state index contributed by atoms with van der Waals surface area (Å²) in [6.07, 6.45) is -0.808. The van der Waals surface area contributed by atoms with Crippen LogP contribution in [0.25, 0.3) is 0 Å². The Bertz CT molecular complexity index is 850. The number of hydrogen-bond donors (Lipinski definition) is 3. The average Bonchev–Trinajstić information content (AvgIpc) is 2.62. The van der Waals surface area contributed by atoms with Gasteiger partial charge in [0.15, 0.2) is 17.3 Å². The van der Waals surface area contributed by atoms with Crippen LogP contribution in [0.15, 0.2) is 30.3 Å². The molecule has 6 nitrogen and oxygen atoms in total. The fourth-order valence-electron chi connectivity index (χ4n) is 2.74. The fourth-order valence-corrected chi connectivity index (χ4v) is 3.11. The molecule has 1 amide bonds. The Balaban J connectivity index is 1.89. The predicted octanol–water partition coefficient (Wildman–Crippen LogP) is 3.94. The summed E-state index contributed by atoms with van der Waals surface area (Å²) in [4.78, 5) is 13.6. The molecule has 1 aliphatic rings. The minimum atomic E-state index is -0.983. The normalized spacial score (nSPS) is 16.2. The van der Waals surface area contributed by atoms with E-state index in [2.05, 4.69) is 9.44 Å². The zero-order valence-electron chi connectivity index (χ0n) is 14.0. The lowest BCUT2D eigenvalue weighted by Gasteiger charge is -2.34. The summed E-state index contributed by atoms with van der Waals surface area (Å²) in [6, 6.07) is 6.94. The predicted molar refractivity (Wildman–Crippen MR) is 94.7 cm³/mol. The smallest absolute Gasteiger partial charge is 0.416 e. The minimum absolute atomic E-state index is 0.0481. The number of phenols is 1. The number of ether oxygens (including phenoxy) is 1. The van der Waals surface area contributed by atoms with Gasteiger partial charge in [0.1, 0.15) is 0 Å². The lowest BCUT2D eigenvalue weighted by Crippen LogP contribution is -2.39. The Morgan fingerprint density at radius 2 is 2.04 bits per heavy atom. The highest BCUT2D eigenvalue weighted by molar-refractivity contribution is 7.98. The largest absolute Gasteiger partial charge is 0.505 e. The third kappa shape index (κ3) is 3.27. The second-order valence-electron chi connectivity index (χ2n) is 5.68. The van der Waals surface area contributed by atoms with Crippen molar-refractivity contribution in [2.45, 2.75) is 19.5 Å².